The summed E-state index contributed by atoms with van der Waals surface area (Å²) >= 11 is 0. The van der Waals surface area contributed by atoms with Crippen molar-refractivity contribution >= 4 is 17.4 Å². The number of nitrogens with one attached hydrogen (secondary N) is 1. The number of aromatic nitrogens is 1. The summed E-state index contributed by atoms with van der Waals surface area (Å²) in [6.45, 7) is 2.73. The molecule has 0 unspecified atom stereocenters. The first-order chi connectivity index (χ1) is 10.1. The van der Waals surface area contributed by atoms with Crippen LogP contribution in [0.3, 0.4) is 0 Å². The Morgan fingerprint density at radius 2 is 2.14 bits per heavy atom. The zero-order valence-corrected chi connectivity index (χ0v) is 11.8. The van der Waals surface area contributed by atoms with E-state index in [2.05, 4.69) is 10.3 Å². The Labute approximate surface area is 123 Å². The van der Waals surface area contributed by atoms with Crippen LogP contribution in [0.4, 0.5) is 11.5 Å². The summed E-state index contributed by atoms with van der Waals surface area (Å²) in [5.41, 5.74) is 12.6. The molecule has 2 rings (SSSR count). The number of nitrogens with two attached hydrogens (primary N) is 2. The van der Waals surface area contributed by atoms with Crippen molar-refractivity contribution < 1.29 is 9.53 Å². The maximum Gasteiger partial charge on any atom is 0.252 e. The van der Waals surface area contributed by atoms with E-state index in [0.717, 1.165) is 11.4 Å². The van der Waals surface area contributed by atoms with Gasteiger partial charge in [-0.25, -0.2) is 4.98 Å². The van der Waals surface area contributed by atoms with Gasteiger partial charge in [0.25, 0.3) is 5.91 Å². The molecule has 1 aromatic carbocycles. The third-order valence-electron chi connectivity index (χ3n) is 2.78. The third kappa shape index (κ3) is 3.93. The number of ether oxygens (including phenoxy) is 1. The predicted octanol–water partition coefficient (Wildman–Crippen LogP) is 1.57. The van der Waals surface area contributed by atoms with Crippen LogP contribution < -0.4 is 21.5 Å². The highest BCUT2D eigenvalue weighted by Gasteiger charge is 2.10. The van der Waals surface area contributed by atoms with Crippen LogP contribution in [0.1, 0.15) is 16.1 Å². The van der Waals surface area contributed by atoms with Gasteiger partial charge in [0.05, 0.1) is 5.56 Å². The zero-order chi connectivity index (χ0) is 15.2. The van der Waals surface area contributed by atoms with E-state index >= 15 is 0 Å². The summed E-state index contributed by atoms with van der Waals surface area (Å²) in [7, 11) is 0. The average molecular weight is 286 g/mol. The van der Waals surface area contributed by atoms with E-state index < -0.39 is 5.91 Å². The van der Waals surface area contributed by atoms with Crippen LogP contribution in [0.2, 0.25) is 0 Å². The number of amides is 1. The molecule has 1 heterocycles. The molecule has 21 heavy (non-hydrogen) atoms. The number of rotatable bonds is 6. The van der Waals surface area contributed by atoms with Gasteiger partial charge in [-0.05, 0) is 31.2 Å². The lowest BCUT2D eigenvalue weighted by Gasteiger charge is -2.11. The standard InChI is InChI=1S/C15H18N4O2/c1-10-5-6-13(14(17)20)15(18-10)19-11-3-2-4-12(9-11)21-8-7-16/h2-6,9H,7-8,16H2,1H3,(H2,17,20)(H,18,19). The van der Waals surface area contributed by atoms with E-state index in [4.69, 9.17) is 16.2 Å². The Hall–Kier alpha value is -2.60. The van der Waals surface area contributed by atoms with Crippen LogP contribution in [-0.4, -0.2) is 24.0 Å². The smallest absolute Gasteiger partial charge is 0.252 e. The molecule has 5 N–H and O–H groups in total. The summed E-state index contributed by atoms with van der Waals surface area (Å²) in [6, 6.07) is 10.7. The van der Waals surface area contributed by atoms with Crippen molar-refractivity contribution in [2.75, 3.05) is 18.5 Å². The molecule has 0 atom stereocenters. The molecule has 0 saturated heterocycles. The number of carbonyl (C=O) groups excluding carboxylic acids is 1. The van der Waals surface area contributed by atoms with Crippen molar-refractivity contribution in [3.05, 3.63) is 47.7 Å². The molecule has 1 amide bonds. The molecular weight excluding hydrogens is 268 g/mol. The molecule has 0 aliphatic heterocycles. The highest BCUT2D eigenvalue weighted by Crippen LogP contribution is 2.23. The molecule has 110 valence electrons. The van der Waals surface area contributed by atoms with Crippen LogP contribution in [0.25, 0.3) is 0 Å². The fraction of sp³-hybridized carbons (Fsp3) is 0.200. The molecule has 0 fully saturated rings. The zero-order valence-electron chi connectivity index (χ0n) is 11.8. The van der Waals surface area contributed by atoms with Gasteiger partial charge in [-0.15, -0.1) is 0 Å². The van der Waals surface area contributed by atoms with Gasteiger partial charge in [0.2, 0.25) is 0 Å². The van der Waals surface area contributed by atoms with Crippen molar-refractivity contribution in [3.8, 4) is 5.75 Å². The molecule has 0 saturated carbocycles. The summed E-state index contributed by atoms with van der Waals surface area (Å²) in [5.74, 6) is 0.595. The number of anilines is 2. The second-order valence-corrected chi connectivity index (χ2v) is 4.50. The van der Waals surface area contributed by atoms with Gasteiger partial charge in [0.1, 0.15) is 18.2 Å². The van der Waals surface area contributed by atoms with Gasteiger partial charge in [-0.3, -0.25) is 4.79 Å². The van der Waals surface area contributed by atoms with Gasteiger partial charge in [0.15, 0.2) is 0 Å². The summed E-state index contributed by atoms with van der Waals surface area (Å²) in [6.07, 6.45) is 0. The number of aryl methyl sites for hydroxylation is 1. The van der Waals surface area contributed by atoms with Gasteiger partial charge >= 0.3 is 0 Å². The molecular formula is C15H18N4O2. The minimum atomic E-state index is -0.527. The van der Waals surface area contributed by atoms with E-state index in [1.165, 1.54) is 0 Å². The Bertz CT molecular complexity index is 643. The molecule has 6 heteroatoms. The van der Waals surface area contributed by atoms with Crippen LogP contribution in [0, 0.1) is 6.92 Å². The van der Waals surface area contributed by atoms with Crippen molar-refractivity contribution in [1.82, 2.24) is 4.98 Å². The van der Waals surface area contributed by atoms with Gasteiger partial charge in [0, 0.05) is 24.0 Å². The topological polar surface area (TPSA) is 103 Å². The number of benzene rings is 1. The Morgan fingerprint density at radius 1 is 1.33 bits per heavy atom. The second-order valence-electron chi connectivity index (χ2n) is 4.50. The van der Waals surface area contributed by atoms with Crippen LogP contribution in [0.15, 0.2) is 36.4 Å². The fourth-order valence-corrected chi connectivity index (χ4v) is 1.83. The molecule has 1 aromatic heterocycles. The fourth-order valence-electron chi connectivity index (χ4n) is 1.83. The highest BCUT2D eigenvalue weighted by atomic mass is 16.5. The van der Waals surface area contributed by atoms with E-state index in [1.807, 2.05) is 31.2 Å². The lowest BCUT2D eigenvalue weighted by molar-refractivity contribution is 0.100. The normalized spacial score (nSPS) is 10.2. The second kappa shape index (κ2) is 6.71. The Morgan fingerprint density at radius 3 is 2.86 bits per heavy atom. The quantitative estimate of drug-likeness (QED) is 0.748. The van der Waals surface area contributed by atoms with Gasteiger partial charge in [-0.2, -0.15) is 0 Å². The molecule has 0 aliphatic rings. The summed E-state index contributed by atoms with van der Waals surface area (Å²) < 4.78 is 5.46. The Kier molecular flexibility index (Phi) is 4.73. The minimum Gasteiger partial charge on any atom is -0.492 e. The average Bonchev–Trinajstić information content (AvgIpc) is 2.45. The van der Waals surface area contributed by atoms with Crippen LogP contribution in [-0.2, 0) is 0 Å². The van der Waals surface area contributed by atoms with Crippen molar-refractivity contribution in [3.63, 3.8) is 0 Å². The summed E-state index contributed by atoms with van der Waals surface area (Å²) in [4.78, 5) is 15.7. The van der Waals surface area contributed by atoms with Gasteiger partial charge < -0.3 is 21.5 Å². The number of hydrogen-bond acceptors (Lipinski definition) is 5. The summed E-state index contributed by atoms with van der Waals surface area (Å²) in [5, 5.41) is 3.09. The monoisotopic (exact) mass is 286 g/mol. The number of primary amides is 1. The first kappa shape index (κ1) is 14.8. The third-order valence-corrected chi connectivity index (χ3v) is 2.78. The number of pyridine rings is 1. The van der Waals surface area contributed by atoms with Crippen LogP contribution >= 0.6 is 0 Å². The lowest BCUT2D eigenvalue weighted by atomic mass is 10.2. The molecule has 6 nitrogen and oxygen atoms in total. The first-order valence-corrected chi connectivity index (χ1v) is 6.57. The SMILES string of the molecule is Cc1ccc(C(N)=O)c(Nc2cccc(OCCN)c2)n1. The molecule has 0 aliphatic carbocycles. The molecule has 2 aromatic rings. The largest absolute Gasteiger partial charge is 0.492 e. The lowest BCUT2D eigenvalue weighted by Crippen LogP contribution is -2.14. The van der Waals surface area contributed by atoms with Crippen molar-refractivity contribution in [2.24, 2.45) is 11.5 Å². The number of carbonyl (C=O) groups is 1. The maximum absolute atomic E-state index is 11.4. The first-order valence-electron chi connectivity index (χ1n) is 6.57. The van der Waals surface area contributed by atoms with Crippen LogP contribution in [0.5, 0.6) is 5.75 Å². The maximum atomic E-state index is 11.4. The Balaban J connectivity index is 2.25. The molecule has 0 radical (unpaired) electrons. The van der Waals surface area contributed by atoms with Gasteiger partial charge in [-0.1, -0.05) is 6.07 Å². The molecule has 0 bridgehead atoms. The minimum absolute atomic E-state index is 0.342. The molecule has 0 spiro atoms. The number of nitrogens with zero attached hydrogens (tertiary/aromatic N) is 1. The van der Waals surface area contributed by atoms with E-state index in [-0.39, 0.29) is 0 Å². The number of hydrogen-bond donors (Lipinski definition) is 3. The van der Waals surface area contributed by atoms with E-state index in [9.17, 15) is 4.79 Å². The predicted molar refractivity (Wildman–Crippen MR) is 81.8 cm³/mol. The van der Waals surface area contributed by atoms with E-state index in [0.29, 0.717) is 30.3 Å². The highest BCUT2D eigenvalue weighted by molar-refractivity contribution is 5.98. The van der Waals surface area contributed by atoms with Crippen molar-refractivity contribution in [2.45, 2.75) is 6.92 Å². The van der Waals surface area contributed by atoms with Crippen molar-refractivity contribution in [1.29, 1.82) is 0 Å². The van der Waals surface area contributed by atoms with E-state index in [1.54, 1.807) is 12.1 Å².